The highest BCUT2D eigenvalue weighted by atomic mass is 79.9. The minimum absolute atomic E-state index is 0.341. The summed E-state index contributed by atoms with van der Waals surface area (Å²) in [5.41, 5.74) is 0.789. The second-order valence-corrected chi connectivity index (χ2v) is 6.46. The summed E-state index contributed by atoms with van der Waals surface area (Å²) in [5.74, 6) is 0. The molecule has 0 saturated carbocycles. The highest BCUT2D eigenvalue weighted by Crippen LogP contribution is 2.33. The van der Waals surface area contributed by atoms with Crippen LogP contribution in [0.15, 0.2) is 53.3 Å². The number of amides is 2. The standard InChI is InChI=1S/C18H20BrN5O2/c1-3-20-17(25)23-18(26-4-2,13-7-5-8-14(19)11-13)15-12-21-16-9-6-10-22-24(15)16/h5-12H,3-4H2,1-2H3,(H2,20,23,25). The van der Waals surface area contributed by atoms with Gasteiger partial charge in [0.2, 0.25) is 5.72 Å². The molecular weight excluding hydrogens is 398 g/mol. The SMILES string of the molecule is CCNC(=O)NC(OCC)(c1cccc(Br)c1)c1cnc2cccnn12. The lowest BCUT2D eigenvalue weighted by Crippen LogP contribution is -2.53. The Labute approximate surface area is 159 Å². The third-order valence-electron chi connectivity index (χ3n) is 3.86. The monoisotopic (exact) mass is 417 g/mol. The predicted octanol–water partition coefficient (Wildman–Crippen LogP) is 3.05. The summed E-state index contributed by atoms with van der Waals surface area (Å²) in [4.78, 5) is 16.9. The van der Waals surface area contributed by atoms with Crippen molar-refractivity contribution >= 4 is 27.6 Å². The molecule has 26 heavy (non-hydrogen) atoms. The van der Waals surface area contributed by atoms with Crippen LogP contribution in [0.2, 0.25) is 0 Å². The molecule has 0 aliphatic rings. The van der Waals surface area contributed by atoms with Crippen molar-refractivity contribution in [3.05, 3.63) is 64.5 Å². The third-order valence-corrected chi connectivity index (χ3v) is 4.35. The van der Waals surface area contributed by atoms with E-state index in [-0.39, 0.29) is 6.03 Å². The first kappa shape index (κ1) is 18.3. The van der Waals surface area contributed by atoms with E-state index < -0.39 is 5.72 Å². The molecule has 3 aromatic rings. The zero-order valence-electron chi connectivity index (χ0n) is 14.6. The number of hydrogen-bond acceptors (Lipinski definition) is 4. The predicted molar refractivity (Wildman–Crippen MR) is 102 cm³/mol. The molecular formula is C18H20BrN5O2. The lowest BCUT2D eigenvalue weighted by atomic mass is 9.99. The third kappa shape index (κ3) is 3.42. The smallest absolute Gasteiger partial charge is 0.317 e. The van der Waals surface area contributed by atoms with Crippen LogP contribution in [0.4, 0.5) is 4.79 Å². The van der Waals surface area contributed by atoms with Gasteiger partial charge in [-0.25, -0.2) is 14.3 Å². The minimum atomic E-state index is -1.24. The molecule has 7 nitrogen and oxygen atoms in total. The zero-order valence-corrected chi connectivity index (χ0v) is 16.2. The van der Waals surface area contributed by atoms with E-state index in [9.17, 15) is 4.79 Å². The maximum absolute atomic E-state index is 12.5. The van der Waals surface area contributed by atoms with Gasteiger partial charge in [-0.1, -0.05) is 28.1 Å². The second-order valence-electron chi connectivity index (χ2n) is 5.55. The van der Waals surface area contributed by atoms with Crippen molar-refractivity contribution in [1.82, 2.24) is 25.2 Å². The van der Waals surface area contributed by atoms with Crippen LogP contribution in [0, 0.1) is 0 Å². The first-order valence-corrected chi connectivity index (χ1v) is 9.15. The molecule has 0 fully saturated rings. The number of benzene rings is 1. The quantitative estimate of drug-likeness (QED) is 0.603. The van der Waals surface area contributed by atoms with E-state index in [1.165, 1.54) is 0 Å². The molecule has 3 rings (SSSR count). The van der Waals surface area contributed by atoms with Crippen molar-refractivity contribution in [3.8, 4) is 0 Å². The number of aromatic nitrogens is 3. The summed E-state index contributed by atoms with van der Waals surface area (Å²) < 4.78 is 8.69. The normalized spacial score (nSPS) is 13.3. The molecule has 0 radical (unpaired) electrons. The van der Waals surface area contributed by atoms with E-state index in [0.29, 0.717) is 24.5 Å². The minimum Gasteiger partial charge on any atom is -0.346 e. The van der Waals surface area contributed by atoms with Crippen molar-refractivity contribution in [1.29, 1.82) is 0 Å². The van der Waals surface area contributed by atoms with Crippen LogP contribution in [-0.2, 0) is 10.5 Å². The molecule has 136 valence electrons. The molecule has 0 bridgehead atoms. The molecule has 1 unspecified atom stereocenters. The van der Waals surface area contributed by atoms with Crippen molar-refractivity contribution in [2.24, 2.45) is 0 Å². The lowest BCUT2D eigenvalue weighted by molar-refractivity contribution is -0.0329. The van der Waals surface area contributed by atoms with Gasteiger partial charge < -0.3 is 15.4 Å². The van der Waals surface area contributed by atoms with E-state index >= 15 is 0 Å². The molecule has 8 heteroatoms. The number of fused-ring (bicyclic) bond motifs is 1. The van der Waals surface area contributed by atoms with E-state index in [4.69, 9.17) is 4.74 Å². The Balaban J connectivity index is 2.23. The fraction of sp³-hybridized carbons (Fsp3) is 0.278. The number of nitrogens with zero attached hydrogens (tertiary/aromatic N) is 3. The van der Waals surface area contributed by atoms with Gasteiger partial charge >= 0.3 is 6.03 Å². The molecule has 2 heterocycles. The van der Waals surface area contributed by atoms with Crippen LogP contribution >= 0.6 is 15.9 Å². The van der Waals surface area contributed by atoms with Crippen molar-refractivity contribution < 1.29 is 9.53 Å². The Bertz CT molecular complexity index is 913. The Morgan fingerprint density at radius 3 is 2.88 bits per heavy atom. The number of urea groups is 1. The Morgan fingerprint density at radius 1 is 1.31 bits per heavy atom. The van der Waals surface area contributed by atoms with Crippen LogP contribution in [0.1, 0.15) is 25.1 Å². The lowest BCUT2D eigenvalue weighted by Gasteiger charge is -2.34. The van der Waals surface area contributed by atoms with Crippen molar-refractivity contribution in [2.45, 2.75) is 19.6 Å². The highest BCUT2D eigenvalue weighted by Gasteiger charge is 2.40. The van der Waals surface area contributed by atoms with Crippen LogP contribution in [-0.4, -0.2) is 33.8 Å². The first-order chi connectivity index (χ1) is 12.6. The van der Waals surface area contributed by atoms with Crippen LogP contribution in [0.25, 0.3) is 5.65 Å². The van der Waals surface area contributed by atoms with Crippen molar-refractivity contribution in [3.63, 3.8) is 0 Å². The summed E-state index contributed by atoms with van der Waals surface area (Å²) in [6.45, 7) is 4.61. The summed E-state index contributed by atoms with van der Waals surface area (Å²) in [7, 11) is 0. The number of imidazole rings is 1. The van der Waals surface area contributed by atoms with E-state index in [1.807, 2.05) is 50.2 Å². The maximum atomic E-state index is 12.5. The molecule has 2 amide bonds. The number of halogens is 1. The summed E-state index contributed by atoms with van der Waals surface area (Å²) in [6, 6.07) is 10.9. The average molecular weight is 418 g/mol. The molecule has 0 aliphatic heterocycles. The van der Waals surface area contributed by atoms with Gasteiger partial charge in [0.05, 0.1) is 6.20 Å². The molecule has 0 aliphatic carbocycles. The Kier molecular flexibility index (Phi) is 5.53. The first-order valence-electron chi connectivity index (χ1n) is 8.36. The summed E-state index contributed by atoms with van der Waals surface area (Å²) in [6.07, 6.45) is 3.34. The number of rotatable bonds is 6. The van der Waals surface area contributed by atoms with E-state index in [0.717, 1.165) is 10.0 Å². The van der Waals surface area contributed by atoms with Gasteiger partial charge in [0, 0.05) is 29.4 Å². The second kappa shape index (κ2) is 7.84. The van der Waals surface area contributed by atoms with E-state index in [2.05, 4.69) is 36.6 Å². The van der Waals surface area contributed by atoms with Gasteiger partial charge in [-0.05, 0) is 38.1 Å². The molecule has 2 aromatic heterocycles. The Morgan fingerprint density at radius 2 is 2.15 bits per heavy atom. The largest absolute Gasteiger partial charge is 0.346 e. The molecule has 0 spiro atoms. The van der Waals surface area contributed by atoms with Gasteiger partial charge in [0.25, 0.3) is 0 Å². The number of carbonyl (C=O) groups is 1. The van der Waals surface area contributed by atoms with Gasteiger partial charge in [-0.2, -0.15) is 5.10 Å². The van der Waals surface area contributed by atoms with E-state index in [1.54, 1.807) is 16.9 Å². The molecule has 1 aromatic carbocycles. The van der Waals surface area contributed by atoms with Crippen molar-refractivity contribution in [2.75, 3.05) is 13.2 Å². The highest BCUT2D eigenvalue weighted by molar-refractivity contribution is 9.10. The molecule has 2 N–H and O–H groups in total. The van der Waals surface area contributed by atoms with Gasteiger partial charge in [0.1, 0.15) is 5.69 Å². The topological polar surface area (TPSA) is 80.5 Å². The maximum Gasteiger partial charge on any atom is 0.317 e. The molecule has 0 saturated heterocycles. The Hall–Kier alpha value is -2.45. The number of hydrogen-bond donors (Lipinski definition) is 2. The number of nitrogens with one attached hydrogen (secondary N) is 2. The van der Waals surface area contributed by atoms with Gasteiger partial charge in [-0.3, -0.25) is 0 Å². The summed E-state index contributed by atoms with van der Waals surface area (Å²) in [5, 5.41) is 10.1. The van der Waals surface area contributed by atoms with Crippen LogP contribution in [0.3, 0.4) is 0 Å². The van der Waals surface area contributed by atoms with Gasteiger partial charge in [0.15, 0.2) is 5.65 Å². The zero-order chi connectivity index (χ0) is 18.6. The number of carbonyl (C=O) groups excluding carboxylic acids is 1. The summed E-state index contributed by atoms with van der Waals surface area (Å²) >= 11 is 3.49. The molecule has 1 atom stereocenters. The van der Waals surface area contributed by atoms with Crippen LogP contribution in [0.5, 0.6) is 0 Å². The average Bonchev–Trinajstić information content (AvgIpc) is 3.06. The fourth-order valence-electron chi connectivity index (χ4n) is 2.84. The van der Waals surface area contributed by atoms with Crippen LogP contribution < -0.4 is 10.6 Å². The van der Waals surface area contributed by atoms with Gasteiger partial charge in [-0.15, -0.1) is 0 Å². The number of ether oxygens (including phenoxy) is 1. The fourth-order valence-corrected chi connectivity index (χ4v) is 3.23.